The lowest BCUT2D eigenvalue weighted by Gasteiger charge is -2.20. The van der Waals surface area contributed by atoms with E-state index in [1.807, 2.05) is 6.07 Å². The fraction of sp³-hybridized carbons (Fsp3) is 0.346. The van der Waals surface area contributed by atoms with Crippen LogP contribution in [-0.2, 0) is 32.0 Å². The molecule has 0 aliphatic rings. The zero-order chi connectivity index (χ0) is 31.7. The number of halogens is 1. The lowest BCUT2D eigenvalue weighted by atomic mass is 10.2. The van der Waals surface area contributed by atoms with E-state index in [4.69, 9.17) is 14.6 Å². The quantitative estimate of drug-likeness (QED) is 0.127. The van der Waals surface area contributed by atoms with Gasteiger partial charge in [0.05, 0.1) is 16.4 Å². The van der Waals surface area contributed by atoms with Gasteiger partial charge in [0.2, 0.25) is 10.2 Å². The fourth-order valence-electron chi connectivity index (χ4n) is 3.91. The second-order valence-electron chi connectivity index (χ2n) is 9.26. The number of aliphatic carboxylic acids is 1. The van der Waals surface area contributed by atoms with Gasteiger partial charge in [-0.05, 0) is 29.8 Å². The van der Waals surface area contributed by atoms with Crippen molar-refractivity contribution < 1.29 is 42.1 Å². The van der Waals surface area contributed by atoms with Crippen molar-refractivity contribution in [2.24, 2.45) is 5.14 Å². The molecule has 0 saturated heterocycles. The molecule has 4 rings (SSSR count). The third-order valence-electron chi connectivity index (χ3n) is 5.96. The molecule has 0 fully saturated rings. The number of carboxylic acid groups (broad SMARTS) is 1. The number of aliphatic hydroxyl groups is 1. The van der Waals surface area contributed by atoms with Gasteiger partial charge in [0, 0.05) is 30.6 Å². The maximum absolute atomic E-state index is 13.1. The standard InChI is InChI=1S/C26H29FN6O8S3/c27-7-9-40-18-3-1-2-16(10-18)14-42-15-21(25(36)37)29-24(35)22(6-8-34)33-12-17(31-32-33)13-41-19-4-5-23-20(11-19)30-26(43-23)44(28,38)39/h1-5,10-12,21-22,34H,6-9,13-15H2,(H,29,35)(H,36,37)(H2,28,38,39). The van der Waals surface area contributed by atoms with Crippen molar-refractivity contribution in [2.75, 3.05) is 25.6 Å². The van der Waals surface area contributed by atoms with Gasteiger partial charge < -0.3 is 25.0 Å². The third-order valence-corrected chi connectivity index (χ3v) is 9.43. The molecular weight excluding hydrogens is 640 g/mol. The van der Waals surface area contributed by atoms with Crippen molar-refractivity contribution in [3.05, 3.63) is 59.9 Å². The van der Waals surface area contributed by atoms with Gasteiger partial charge in [0.1, 0.15) is 49.2 Å². The number of alkyl halides is 1. The lowest BCUT2D eigenvalue weighted by molar-refractivity contribution is -0.141. The Labute approximate surface area is 259 Å². The number of sulfonamides is 1. The van der Waals surface area contributed by atoms with Gasteiger partial charge in [-0.15, -0.1) is 16.4 Å². The highest BCUT2D eigenvalue weighted by atomic mass is 32.2. The van der Waals surface area contributed by atoms with Crippen LogP contribution in [0.3, 0.4) is 0 Å². The molecule has 236 valence electrons. The van der Waals surface area contributed by atoms with Crippen LogP contribution < -0.4 is 19.9 Å². The zero-order valence-corrected chi connectivity index (χ0v) is 25.5. The maximum atomic E-state index is 13.1. The van der Waals surface area contributed by atoms with Crippen molar-refractivity contribution in [1.82, 2.24) is 25.3 Å². The number of nitrogens with one attached hydrogen (secondary N) is 1. The van der Waals surface area contributed by atoms with Crippen molar-refractivity contribution in [1.29, 1.82) is 0 Å². The van der Waals surface area contributed by atoms with Gasteiger partial charge in [-0.25, -0.2) is 32.4 Å². The lowest BCUT2D eigenvalue weighted by Crippen LogP contribution is -2.46. The topological polar surface area (TPSA) is 209 Å². The number of thioether (sulfide) groups is 1. The summed E-state index contributed by atoms with van der Waals surface area (Å²) in [7, 11) is -3.94. The van der Waals surface area contributed by atoms with E-state index in [0.717, 1.165) is 16.9 Å². The highest BCUT2D eigenvalue weighted by Gasteiger charge is 2.27. The number of fused-ring (bicyclic) bond motifs is 1. The van der Waals surface area contributed by atoms with E-state index in [1.165, 1.54) is 22.6 Å². The summed E-state index contributed by atoms with van der Waals surface area (Å²) in [5.41, 5.74) is 1.58. The minimum Gasteiger partial charge on any atom is -0.491 e. The third kappa shape index (κ3) is 9.08. The largest absolute Gasteiger partial charge is 0.491 e. The Balaban J connectivity index is 1.34. The number of aromatic nitrogens is 4. The monoisotopic (exact) mass is 668 g/mol. The molecule has 0 saturated carbocycles. The van der Waals surface area contributed by atoms with E-state index in [2.05, 4.69) is 20.6 Å². The van der Waals surface area contributed by atoms with Gasteiger partial charge in [0.25, 0.3) is 10.0 Å². The van der Waals surface area contributed by atoms with E-state index >= 15 is 0 Å². The first-order chi connectivity index (χ1) is 21.1. The number of hydrogen-bond acceptors (Lipinski definition) is 12. The number of carbonyl (C=O) groups excluding carboxylic acids is 1. The minimum atomic E-state index is -3.94. The van der Waals surface area contributed by atoms with Crippen LogP contribution in [0.5, 0.6) is 11.5 Å². The van der Waals surface area contributed by atoms with E-state index in [-0.39, 0.29) is 36.3 Å². The van der Waals surface area contributed by atoms with Crippen LogP contribution in [0.2, 0.25) is 0 Å². The molecule has 2 heterocycles. The molecule has 5 N–H and O–H groups in total. The van der Waals surface area contributed by atoms with Crippen LogP contribution in [0, 0.1) is 0 Å². The number of nitrogens with zero attached hydrogens (tertiary/aromatic N) is 4. The van der Waals surface area contributed by atoms with Gasteiger partial charge in [-0.3, -0.25) is 4.79 Å². The zero-order valence-electron chi connectivity index (χ0n) is 23.0. The van der Waals surface area contributed by atoms with Crippen LogP contribution in [0.25, 0.3) is 10.2 Å². The number of primary sulfonamides is 1. The number of nitrogens with two attached hydrogens (primary N) is 1. The van der Waals surface area contributed by atoms with Gasteiger partial charge in [0.15, 0.2) is 0 Å². The number of aliphatic hydroxyl groups excluding tert-OH is 1. The first-order valence-electron chi connectivity index (χ1n) is 13.0. The highest BCUT2D eigenvalue weighted by Crippen LogP contribution is 2.28. The average Bonchev–Trinajstić information content (AvgIpc) is 3.64. The molecule has 4 aromatic rings. The number of carbonyl (C=O) groups is 2. The highest BCUT2D eigenvalue weighted by molar-refractivity contribution is 7.98. The molecule has 0 spiro atoms. The Morgan fingerprint density at radius 2 is 1.98 bits per heavy atom. The Morgan fingerprint density at radius 3 is 2.70 bits per heavy atom. The number of amides is 1. The number of ether oxygens (including phenoxy) is 2. The van der Waals surface area contributed by atoms with Crippen LogP contribution in [0.1, 0.15) is 23.7 Å². The Kier molecular flexibility index (Phi) is 11.5. The fourth-order valence-corrected chi connectivity index (χ4v) is 6.54. The number of hydrogen-bond donors (Lipinski definition) is 4. The van der Waals surface area contributed by atoms with E-state index in [1.54, 1.807) is 36.4 Å². The van der Waals surface area contributed by atoms with Crippen molar-refractivity contribution >= 4 is 55.2 Å². The first kappa shape index (κ1) is 33.1. The van der Waals surface area contributed by atoms with Crippen LogP contribution in [0.4, 0.5) is 4.39 Å². The molecule has 0 radical (unpaired) electrons. The number of thiazole rings is 1. The summed E-state index contributed by atoms with van der Waals surface area (Å²) in [5.74, 6) is -0.514. The molecular formula is C26H29FN6O8S3. The minimum absolute atomic E-state index is 0.0481. The van der Waals surface area contributed by atoms with Crippen LogP contribution in [0.15, 0.2) is 53.0 Å². The van der Waals surface area contributed by atoms with Gasteiger partial charge >= 0.3 is 5.97 Å². The number of rotatable bonds is 17. The summed E-state index contributed by atoms with van der Waals surface area (Å²) in [6.07, 6.45) is 1.40. The Bertz CT molecular complexity index is 1700. The summed E-state index contributed by atoms with van der Waals surface area (Å²) in [6, 6.07) is 9.58. The number of benzene rings is 2. The molecule has 2 unspecified atom stereocenters. The summed E-state index contributed by atoms with van der Waals surface area (Å²) < 4.78 is 48.1. The second-order valence-corrected chi connectivity index (χ2v) is 13.1. The van der Waals surface area contributed by atoms with E-state index < -0.39 is 40.7 Å². The summed E-state index contributed by atoms with van der Waals surface area (Å²) in [5, 5.41) is 34.9. The van der Waals surface area contributed by atoms with Crippen LogP contribution in [-0.4, -0.2) is 82.2 Å². The van der Waals surface area contributed by atoms with Crippen LogP contribution >= 0.6 is 23.1 Å². The predicted molar refractivity (Wildman–Crippen MR) is 160 cm³/mol. The molecule has 0 aliphatic carbocycles. The van der Waals surface area contributed by atoms with E-state index in [9.17, 15) is 32.6 Å². The first-order valence-corrected chi connectivity index (χ1v) is 16.6. The SMILES string of the molecule is NS(=O)(=O)c1nc2cc(OCc3cn(C(CCO)C(=O)NC(CSCc4cccc(OCCF)c4)C(=O)O)nn3)ccc2s1. The summed E-state index contributed by atoms with van der Waals surface area (Å²) >= 11 is 2.22. The van der Waals surface area contributed by atoms with E-state index in [0.29, 0.717) is 33.2 Å². The predicted octanol–water partition coefficient (Wildman–Crippen LogP) is 1.89. The molecule has 0 bridgehead atoms. The van der Waals surface area contributed by atoms with Crippen molar-refractivity contribution in [3.63, 3.8) is 0 Å². The summed E-state index contributed by atoms with van der Waals surface area (Å²) in [4.78, 5) is 29.0. The molecule has 18 heteroatoms. The molecule has 2 aromatic carbocycles. The molecule has 2 aromatic heterocycles. The normalized spacial score (nSPS) is 13.0. The van der Waals surface area contributed by atoms with Gasteiger partial charge in [-0.1, -0.05) is 17.3 Å². The smallest absolute Gasteiger partial charge is 0.327 e. The molecule has 0 aliphatic heterocycles. The maximum Gasteiger partial charge on any atom is 0.327 e. The number of carboxylic acids is 1. The molecule has 2 atom stereocenters. The Morgan fingerprint density at radius 1 is 1.18 bits per heavy atom. The van der Waals surface area contributed by atoms with Crippen molar-refractivity contribution in [3.8, 4) is 11.5 Å². The molecule has 44 heavy (non-hydrogen) atoms. The van der Waals surface area contributed by atoms with Crippen molar-refractivity contribution in [2.45, 2.75) is 35.2 Å². The average molecular weight is 669 g/mol. The Hall–Kier alpha value is -3.84. The van der Waals surface area contributed by atoms with Gasteiger partial charge in [-0.2, -0.15) is 11.8 Å². The second kappa shape index (κ2) is 15.2. The molecule has 1 amide bonds. The molecule has 14 nitrogen and oxygen atoms in total. The summed E-state index contributed by atoms with van der Waals surface area (Å²) in [6.45, 7) is -1.10.